The van der Waals surface area contributed by atoms with Crippen LogP contribution in [0.3, 0.4) is 0 Å². The van der Waals surface area contributed by atoms with E-state index in [1.165, 1.54) is 18.4 Å². The summed E-state index contributed by atoms with van der Waals surface area (Å²) in [6, 6.07) is 10.5. The molecule has 23 heavy (non-hydrogen) atoms. The number of carbonyl (C=O) groups is 1. The molecule has 3 N–H and O–H groups in total. The van der Waals surface area contributed by atoms with E-state index in [1.54, 1.807) is 0 Å². The zero-order chi connectivity index (χ0) is 16.3. The summed E-state index contributed by atoms with van der Waals surface area (Å²) in [6.07, 6.45) is 4.47. The number of carbonyl (C=O) groups excluding carboxylic acids is 1. The molecule has 1 aliphatic carbocycles. The molecule has 1 aromatic rings. The van der Waals surface area contributed by atoms with Gasteiger partial charge in [0, 0.05) is 19.6 Å². The second kappa shape index (κ2) is 7.02. The molecule has 126 valence electrons. The van der Waals surface area contributed by atoms with Crippen LogP contribution in [-0.2, 0) is 11.3 Å². The van der Waals surface area contributed by atoms with Crippen LogP contribution in [0.1, 0.15) is 38.2 Å². The van der Waals surface area contributed by atoms with Crippen molar-refractivity contribution in [3.8, 4) is 0 Å². The summed E-state index contributed by atoms with van der Waals surface area (Å²) in [7, 11) is 0. The van der Waals surface area contributed by atoms with Crippen molar-refractivity contribution in [2.24, 2.45) is 17.6 Å². The molecule has 0 spiro atoms. The Hall–Kier alpha value is -1.39. The lowest BCUT2D eigenvalue weighted by molar-refractivity contribution is -0.128. The van der Waals surface area contributed by atoms with E-state index in [1.807, 2.05) is 6.07 Å². The lowest BCUT2D eigenvalue weighted by Crippen LogP contribution is -2.56. The van der Waals surface area contributed by atoms with Crippen LogP contribution < -0.4 is 11.1 Å². The SMILES string of the molecule is CC(CN)(NC(=O)C1CCCN(Cc2ccccc2)C1)C1CC1. The fourth-order valence-corrected chi connectivity index (χ4v) is 3.68. The topological polar surface area (TPSA) is 58.4 Å². The largest absolute Gasteiger partial charge is 0.349 e. The third-order valence-corrected chi connectivity index (χ3v) is 5.44. The molecular formula is C19H29N3O. The van der Waals surface area contributed by atoms with E-state index < -0.39 is 0 Å². The summed E-state index contributed by atoms with van der Waals surface area (Å²) in [6.45, 7) is 5.50. The summed E-state index contributed by atoms with van der Waals surface area (Å²) in [4.78, 5) is 15.1. The fourth-order valence-electron chi connectivity index (χ4n) is 3.68. The van der Waals surface area contributed by atoms with Crippen LogP contribution in [0, 0.1) is 11.8 Å². The third kappa shape index (κ3) is 4.12. The summed E-state index contributed by atoms with van der Waals surface area (Å²) >= 11 is 0. The molecule has 1 saturated carbocycles. The number of hydrogen-bond acceptors (Lipinski definition) is 3. The first-order valence-electron chi connectivity index (χ1n) is 8.89. The van der Waals surface area contributed by atoms with Gasteiger partial charge < -0.3 is 11.1 Å². The molecule has 2 unspecified atom stereocenters. The molecular weight excluding hydrogens is 286 g/mol. The van der Waals surface area contributed by atoms with Gasteiger partial charge in [-0.25, -0.2) is 0 Å². The van der Waals surface area contributed by atoms with Crippen LogP contribution in [0.25, 0.3) is 0 Å². The molecule has 1 heterocycles. The quantitative estimate of drug-likeness (QED) is 0.845. The van der Waals surface area contributed by atoms with Gasteiger partial charge in [0.2, 0.25) is 5.91 Å². The highest BCUT2D eigenvalue weighted by atomic mass is 16.2. The van der Waals surface area contributed by atoms with Crippen molar-refractivity contribution in [3.05, 3.63) is 35.9 Å². The van der Waals surface area contributed by atoms with Crippen LogP contribution in [0.15, 0.2) is 30.3 Å². The van der Waals surface area contributed by atoms with Gasteiger partial charge >= 0.3 is 0 Å². The highest BCUT2D eigenvalue weighted by Gasteiger charge is 2.42. The van der Waals surface area contributed by atoms with Crippen molar-refractivity contribution in [2.75, 3.05) is 19.6 Å². The third-order valence-electron chi connectivity index (χ3n) is 5.44. The minimum Gasteiger partial charge on any atom is -0.349 e. The van der Waals surface area contributed by atoms with Crippen LogP contribution in [0.4, 0.5) is 0 Å². The monoisotopic (exact) mass is 315 g/mol. The van der Waals surface area contributed by atoms with E-state index in [-0.39, 0.29) is 17.4 Å². The highest BCUT2D eigenvalue weighted by Crippen LogP contribution is 2.39. The van der Waals surface area contributed by atoms with E-state index in [9.17, 15) is 4.79 Å². The maximum absolute atomic E-state index is 12.7. The molecule has 2 aliphatic rings. The van der Waals surface area contributed by atoms with E-state index >= 15 is 0 Å². The van der Waals surface area contributed by atoms with Gasteiger partial charge in [-0.2, -0.15) is 0 Å². The summed E-state index contributed by atoms with van der Waals surface area (Å²) in [5.74, 6) is 0.861. The number of benzene rings is 1. The van der Waals surface area contributed by atoms with E-state index in [0.29, 0.717) is 12.5 Å². The molecule has 0 aromatic heterocycles. The van der Waals surface area contributed by atoms with Gasteiger partial charge in [-0.1, -0.05) is 30.3 Å². The molecule has 0 bridgehead atoms. The number of nitrogens with one attached hydrogen (secondary N) is 1. The number of likely N-dealkylation sites (tertiary alicyclic amines) is 1. The second-order valence-corrected chi connectivity index (χ2v) is 7.44. The maximum atomic E-state index is 12.7. The molecule has 1 aromatic carbocycles. The van der Waals surface area contributed by atoms with Gasteiger partial charge in [-0.15, -0.1) is 0 Å². The van der Waals surface area contributed by atoms with Gasteiger partial charge in [-0.3, -0.25) is 9.69 Å². The molecule has 2 fully saturated rings. The van der Waals surface area contributed by atoms with Gasteiger partial charge in [-0.05, 0) is 50.6 Å². The maximum Gasteiger partial charge on any atom is 0.224 e. The first kappa shape index (κ1) is 16.5. The Morgan fingerprint density at radius 1 is 1.30 bits per heavy atom. The lowest BCUT2D eigenvalue weighted by atomic mass is 9.92. The molecule has 0 radical (unpaired) electrons. The Kier molecular flexibility index (Phi) is 5.02. The first-order chi connectivity index (χ1) is 11.1. The average Bonchev–Trinajstić information content (AvgIpc) is 3.41. The smallest absolute Gasteiger partial charge is 0.224 e. The number of rotatable bonds is 6. The minimum atomic E-state index is -0.210. The van der Waals surface area contributed by atoms with Crippen molar-refractivity contribution >= 4 is 5.91 Å². The Balaban J connectivity index is 1.56. The van der Waals surface area contributed by atoms with E-state index in [0.717, 1.165) is 32.5 Å². The zero-order valence-corrected chi connectivity index (χ0v) is 14.1. The second-order valence-electron chi connectivity index (χ2n) is 7.44. The first-order valence-corrected chi connectivity index (χ1v) is 8.89. The lowest BCUT2D eigenvalue weighted by Gasteiger charge is -2.36. The standard InChI is InChI=1S/C19H29N3O/c1-19(14-20,17-9-10-17)21-18(23)16-8-5-11-22(13-16)12-15-6-3-2-4-7-15/h2-4,6-7,16-17H,5,8-14,20H2,1H3,(H,21,23). The van der Waals surface area contributed by atoms with Crippen LogP contribution in [0.5, 0.6) is 0 Å². The Morgan fingerprint density at radius 3 is 2.70 bits per heavy atom. The fraction of sp³-hybridized carbons (Fsp3) is 0.632. The Labute approximate surface area is 139 Å². The van der Waals surface area contributed by atoms with E-state index in [4.69, 9.17) is 5.73 Å². The molecule has 4 heteroatoms. The van der Waals surface area contributed by atoms with Gasteiger partial charge in [0.1, 0.15) is 0 Å². The minimum absolute atomic E-state index is 0.0945. The van der Waals surface area contributed by atoms with Gasteiger partial charge in [0.05, 0.1) is 11.5 Å². The zero-order valence-electron chi connectivity index (χ0n) is 14.1. The van der Waals surface area contributed by atoms with Crippen LogP contribution >= 0.6 is 0 Å². The number of hydrogen-bond donors (Lipinski definition) is 2. The number of nitrogens with zero attached hydrogens (tertiary/aromatic N) is 1. The number of amides is 1. The predicted molar refractivity (Wildman–Crippen MR) is 92.8 cm³/mol. The van der Waals surface area contributed by atoms with Crippen molar-refractivity contribution < 1.29 is 4.79 Å². The summed E-state index contributed by atoms with van der Waals surface area (Å²) in [5, 5.41) is 3.27. The molecule has 4 nitrogen and oxygen atoms in total. The average molecular weight is 315 g/mol. The van der Waals surface area contributed by atoms with Crippen molar-refractivity contribution in [2.45, 2.75) is 44.7 Å². The number of piperidine rings is 1. The van der Waals surface area contributed by atoms with Crippen molar-refractivity contribution in [3.63, 3.8) is 0 Å². The molecule has 2 atom stereocenters. The van der Waals surface area contributed by atoms with Crippen molar-refractivity contribution in [1.29, 1.82) is 0 Å². The predicted octanol–water partition coefficient (Wildman–Crippen LogP) is 2.14. The molecule has 3 rings (SSSR count). The molecule has 1 saturated heterocycles. The Morgan fingerprint density at radius 2 is 2.04 bits per heavy atom. The van der Waals surface area contributed by atoms with E-state index in [2.05, 4.69) is 41.4 Å². The van der Waals surface area contributed by atoms with Crippen molar-refractivity contribution in [1.82, 2.24) is 10.2 Å². The molecule has 1 amide bonds. The molecule has 1 aliphatic heterocycles. The Bertz CT molecular complexity index is 529. The summed E-state index contributed by atoms with van der Waals surface area (Å²) in [5.41, 5.74) is 7.04. The van der Waals surface area contributed by atoms with Crippen LogP contribution in [-0.4, -0.2) is 36.0 Å². The van der Waals surface area contributed by atoms with Gasteiger partial charge in [0.25, 0.3) is 0 Å². The van der Waals surface area contributed by atoms with Gasteiger partial charge in [0.15, 0.2) is 0 Å². The number of nitrogens with two attached hydrogens (primary N) is 1. The highest BCUT2D eigenvalue weighted by molar-refractivity contribution is 5.80. The summed E-state index contributed by atoms with van der Waals surface area (Å²) < 4.78 is 0. The van der Waals surface area contributed by atoms with Crippen LogP contribution in [0.2, 0.25) is 0 Å². The normalized spacial score (nSPS) is 24.9.